The summed E-state index contributed by atoms with van der Waals surface area (Å²) in [5, 5.41) is 8.22. The molecular formula is C12H16N4O2. The molecule has 0 aliphatic rings. The van der Waals surface area contributed by atoms with Crippen LogP contribution in [0.5, 0.6) is 0 Å². The van der Waals surface area contributed by atoms with Crippen molar-refractivity contribution in [1.29, 1.82) is 0 Å². The van der Waals surface area contributed by atoms with Crippen molar-refractivity contribution >= 4 is 6.09 Å². The van der Waals surface area contributed by atoms with Crippen molar-refractivity contribution in [2.24, 2.45) is 7.05 Å². The van der Waals surface area contributed by atoms with Crippen LogP contribution in [0, 0.1) is 0 Å². The minimum Gasteiger partial charge on any atom is -0.442 e. The summed E-state index contributed by atoms with van der Waals surface area (Å²) in [7, 11) is 1.84. The zero-order valence-electron chi connectivity index (χ0n) is 10.9. The van der Waals surface area contributed by atoms with E-state index in [1.165, 1.54) is 4.68 Å². The van der Waals surface area contributed by atoms with Crippen molar-refractivity contribution in [2.75, 3.05) is 0 Å². The van der Waals surface area contributed by atoms with Crippen LogP contribution in [-0.2, 0) is 11.8 Å². The maximum atomic E-state index is 11.8. The van der Waals surface area contributed by atoms with Gasteiger partial charge in [-0.25, -0.2) is 4.79 Å². The molecule has 2 aromatic rings. The lowest BCUT2D eigenvalue weighted by Gasteiger charge is -2.18. The molecule has 0 aliphatic carbocycles. The quantitative estimate of drug-likeness (QED) is 0.775. The molecule has 0 aromatic carbocycles. The molecule has 18 heavy (non-hydrogen) atoms. The normalized spacial score (nSPS) is 11.6. The Morgan fingerprint density at radius 2 is 2.11 bits per heavy atom. The Bertz CT molecular complexity index is 563. The fourth-order valence-electron chi connectivity index (χ4n) is 1.43. The van der Waals surface area contributed by atoms with Crippen LogP contribution in [0.2, 0.25) is 0 Å². The van der Waals surface area contributed by atoms with Gasteiger partial charge in [-0.3, -0.25) is 4.68 Å². The van der Waals surface area contributed by atoms with Gasteiger partial charge < -0.3 is 4.74 Å². The van der Waals surface area contributed by atoms with E-state index >= 15 is 0 Å². The Balaban J connectivity index is 2.18. The standard InChI is InChI=1S/C12H16N4O2/c1-12(2,3)18-11(17)16-8-9(7-13-16)10-5-6-15(4)14-10/h5-8H,1-4H3. The molecule has 0 spiro atoms. The first-order valence-corrected chi connectivity index (χ1v) is 5.63. The van der Waals surface area contributed by atoms with Gasteiger partial charge in [0.25, 0.3) is 0 Å². The van der Waals surface area contributed by atoms with Gasteiger partial charge in [-0.2, -0.15) is 14.9 Å². The van der Waals surface area contributed by atoms with E-state index in [1.54, 1.807) is 17.1 Å². The number of hydrogen-bond acceptors (Lipinski definition) is 4. The summed E-state index contributed by atoms with van der Waals surface area (Å²) in [6.07, 6.45) is 4.53. The lowest BCUT2D eigenvalue weighted by atomic mass is 10.2. The Hall–Kier alpha value is -2.11. The first-order valence-electron chi connectivity index (χ1n) is 5.63. The minimum atomic E-state index is -0.534. The highest BCUT2D eigenvalue weighted by Crippen LogP contribution is 2.16. The van der Waals surface area contributed by atoms with Crippen LogP contribution in [0.3, 0.4) is 0 Å². The lowest BCUT2D eigenvalue weighted by molar-refractivity contribution is 0.0514. The van der Waals surface area contributed by atoms with Gasteiger partial charge in [-0.05, 0) is 26.8 Å². The molecule has 6 nitrogen and oxygen atoms in total. The van der Waals surface area contributed by atoms with Crippen molar-refractivity contribution in [3.05, 3.63) is 24.7 Å². The predicted octanol–water partition coefficient (Wildman–Crippen LogP) is 2.07. The van der Waals surface area contributed by atoms with E-state index in [0.29, 0.717) is 0 Å². The fourth-order valence-corrected chi connectivity index (χ4v) is 1.43. The second-order valence-electron chi connectivity index (χ2n) is 5.03. The first kappa shape index (κ1) is 12.3. The van der Waals surface area contributed by atoms with E-state index in [0.717, 1.165) is 11.3 Å². The summed E-state index contributed by atoms with van der Waals surface area (Å²) in [5.41, 5.74) is 1.02. The van der Waals surface area contributed by atoms with Gasteiger partial charge in [0.2, 0.25) is 0 Å². The number of carbonyl (C=O) groups is 1. The van der Waals surface area contributed by atoms with Gasteiger partial charge in [0.1, 0.15) is 5.60 Å². The highest BCUT2D eigenvalue weighted by Gasteiger charge is 2.18. The van der Waals surface area contributed by atoms with E-state index in [9.17, 15) is 4.79 Å². The van der Waals surface area contributed by atoms with Crippen LogP contribution >= 0.6 is 0 Å². The number of rotatable bonds is 1. The number of ether oxygens (including phenoxy) is 1. The third-order valence-electron chi connectivity index (χ3n) is 2.17. The van der Waals surface area contributed by atoms with Crippen molar-refractivity contribution < 1.29 is 9.53 Å². The van der Waals surface area contributed by atoms with Crippen LogP contribution in [-0.4, -0.2) is 31.3 Å². The number of carbonyl (C=O) groups excluding carboxylic acids is 1. The predicted molar refractivity (Wildman–Crippen MR) is 66.1 cm³/mol. The fraction of sp³-hybridized carbons (Fsp3) is 0.417. The van der Waals surface area contributed by atoms with E-state index in [-0.39, 0.29) is 0 Å². The molecule has 2 aromatic heterocycles. The summed E-state index contributed by atoms with van der Waals surface area (Å²) in [5.74, 6) is 0. The van der Waals surface area contributed by atoms with Crippen LogP contribution in [0.25, 0.3) is 11.3 Å². The van der Waals surface area contributed by atoms with Crippen molar-refractivity contribution in [2.45, 2.75) is 26.4 Å². The summed E-state index contributed by atoms with van der Waals surface area (Å²) in [6.45, 7) is 5.44. The number of nitrogens with zero attached hydrogens (tertiary/aromatic N) is 4. The summed E-state index contributed by atoms with van der Waals surface area (Å²) in [6, 6.07) is 1.86. The molecule has 0 atom stereocenters. The molecule has 0 saturated heterocycles. The molecule has 2 rings (SSSR count). The third kappa shape index (κ3) is 2.77. The van der Waals surface area contributed by atoms with Gasteiger partial charge >= 0.3 is 6.09 Å². The van der Waals surface area contributed by atoms with Gasteiger partial charge in [-0.15, -0.1) is 0 Å². The first-order chi connectivity index (χ1) is 8.35. The van der Waals surface area contributed by atoms with Gasteiger partial charge in [-0.1, -0.05) is 0 Å². The SMILES string of the molecule is Cn1ccc(-c2cnn(C(=O)OC(C)(C)C)c2)n1. The highest BCUT2D eigenvalue weighted by atomic mass is 16.6. The molecule has 0 bridgehead atoms. The second-order valence-corrected chi connectivity index (χ2v) is 5.03. The number of aromatic nitrogens is 4. The molecule has 96 valence electrons. The van der Waals surface area contributed by atoms with Gasteiger partial charge in [0.15, 0.2) is 0 Å². The van der Waals surface area contributed by atoms with Crippen molar-refractivity contribution in [3.8, 4) is 11.3 Å². The monoisotopic (exact) mass is 248 g/mol. The highest BCUT2D eigenvalue weighted by molar-refractivity contribution is 5.71. The molecule has 0 fully saturated rings. The molecular weight excluding hydrogens is 232 g/mol. The van der Waals surface area contributed by atoms with Crippen LogP contribution < -0.4 is 0 Å². The molecule has 0 radical (unpaired) electrons. The van der Waals surface area contributed by atoms with Crippen molar-refractivity contribution in [1.82, 2.24) is 19.6 Å². The molecule has 2 heterocycles. The summed E-state index contributed by atoms with van der Waals surface area (Å²) in [4.78, 5) is 11.8. The lowest BCUT2D eigenvalue weighted by Crippen LogP contribution is -2.27. The number of aryl methyl sites for hydroxylation is 1. The van der Waals surface area contributed by atoms with E-state index in [1.807, 2.05) is 40.1 Å². The molecule has 0 saturated carbocycles. The topological polar surface area (TPSA) is 61.9 Å². The Kier molecular flexibility index (Phi) is 2.94. The van der Waals surface area contributed by atoms with Gasteiger partial charge in [0, 0.05) is 25.0 Å². The van der Waals surface area contributed by atoms with Crippen LogP contribution in [0.4, 0.5) is 4.79 Å². The third-order valence-corrected chi connectivity index (χ3v) is 2.17. The molecule has 0 unspecified atom stereocenters. The Morgan fingerprint density at radius 1 is 1.39 bits per heavy atom. The molecule has 0 amide bonds. The zero-order valence-corrected chi connectivity index (χ0v) is 10.9. The summed E-state index contributed by atoms with van der Waals surface area (Å²) >= 11 is 0. The second kappa shape index (κ2) is 4.29. The maximum absolute atomic E-state index is 11.8. The average molecular weight is 248 g/mol. The van der Waals surface area contributed by atoms with Crippen LogP contribution in [0.15, 0.2) is 24.7 Å². The van der Waals surface area contributed by atoms with E-state index < -0.39 is 11.7 Å². The van der Waals surface area contributed by atoms with E-state index in [2.05, 4.69) is 10.2 Å². The molecule has 6 heteroatoms. The molecule has 0 aliphatic heterocycles. The average Bonchev–Trinajstić information content (AvgIpc) is 2.82. The largest absolute Gasteiger partial charge is 0.442 e. The van der Waals surface area contributed by atoms with Crippen LogP contribution in [0.1, 0.15) is 20.8 Å². The Labute approximate surface area is 105 Å². The Morgan fingerprint density at radius 3 is 2.67 bits per heavy atom. The smallest absolute Gasteiger partial charge is 0.435 e. The minimum absolute atomic E-state index is 0.496. The number of hydrogen-bond donors (Lipinski definition) is 0. The summed E-state index contributed by atoms with van der Waals surface area (Å²) < 4.78 is 8.08. The zero-order chi connectivity index (χ0) is 13.3. The van der Waals surface area contributed by atoms with Crippen molar-refractivity contribution in [3.63, 3.8) is 0 Å². The molecule has 0 N–H and O–H groups in total. The van der Waals surface area contributed by atoms with Gasteiger partial charge in [0.05, 0.1) is 11.9 Å². The van der Waals surface area contributed by atoms with E-state index in [4.69, 9.17) is 4.74 Å². The maximum Gasteiger partial charge on any atom is 0.435 e.